The zero-order valence-corrected chi connectivity index (χ0v) is 19.1. The molecule has 0 spiro atoms. The van der Waals surface area contributed by atoms with Gasteiger partial charge in [-0.1, -0.05) is 70.5 Å². The van der Waals surface area contributed by atoms with E-state index in [4.69, 9.17) is 0 Å². The van der Waals surface area contributed by atoms with E-state index >= 15 is 0 Å². The Balaban J connectivity index is 1.48. The normalized spacial score (nSPS) is 13.2. The van der Waals surface area contributed by atoms with Crippen LogP contribution in [0.4, 0.5) is 0 Å². The molecule has 0 heterocycles. The van der Waals surface area contributed by atoms with Crippen molar-refractivity contribution in [3.63, 3.8) is 0 Å². The van der Waals surface area contributed by atoms with Crippen LogP contribution in [0.5, 0.6) is 0 Å². The van der Waals surface area contributed by atoms with Gasteiger partial charge >= 0.3 is 0 Å². The Bertz CT molecular complexity index is 924. The summed E-state index contributed by atoms with van der Waals surface area (Å²) in [5.74, 6) is 0. The van der Waals surface area contributed by atoms with Crippen LogP contribution in [0, 0.1) is 0 Å². The Kier molecular flexibility index (Phi) is 7.47. The molecule has 0 saturated carbocycles. The quantitative estimate of drug-likeness (QED) is 0.477. The topological polar surface area (TPSA) is 35.5 Å². The first kappa shape index (κ1) is 22.0. The van der Waals surface area contributed by atoms with Gasteiger partial charge in [0.15, 0.2) is 0 Å². The Labute approximate surface area is 182 Å². The van der Waals surface area contributed by atoms with Crippen LogP contribution < -0.4 is 5.32 Å². The molecule has 0 saturated heterocycles. The number of rotatable bonds is 9. The molecule has 0 bridgehead atoms. The molecule has 29 heavy (non-hydrogen) atoms. The van der Waals surface area contributed by atoms with Crippen molar-refractivity contribution in [3.05, 3.63) is 82.3 Å². The van der Waals surface area contributed by atoms with E-state index in [9.17, 15) is 5.11 Å². The smallest absolute Gasteiger partial charge is 0.0791 e. The van der Waals surface area contributed by atoms with E-state index in [2.05, 4.69) is 107 Å². The van der Waals surface area contributed by atoms with Gasteiger partial charge in [0.25, 0.3) is 0 Å². The number of aliphatic hydroxyl groups is 1. The van der Waals surface area contributed by atoms with E-state index in [1.165, 1.54) is 21.9 Å². The van der Waals surface area contributed by atoms with Crippen LogP contribution >= 0.6 is 15.9 Å². The van der Waals surface area contributed by atoms with Crippen LogP contribution in [-0.4, -0.2) is 41.8 Å². The first-order chi connectivity index (χ1) is 13.8. The summed E-state index contributed by atoms with van der Waals surface area (Å²) >= 11 is 3.46. The summed E-state index contributed by atoms with van der Waals surface area (Å²) in [5.41, 5.74) is 2.46. The summed E-state index contributed by atoms with van der Waals surface area (Å²) in [6.45, 7) is 6.42. The van der Waals surface area contributed by atoms with Gasteiger partial charge in [-0.25, -0.2) is 0 Å². The SMILES string of the molecule is CN(Cc1ccc(Br)cc1)C[C@H](O)CNC(C)(C)Cc1ccc2ccccc2c1. The van der Waals surface area contributed by atoms with Crippen molar-refractivity contribution in [2.45, 2.75) is 38.5 Å². The minimum atomic E-state index is -0.411. The Hall–Kier alpha value is -1.72. The molecule has 3 aromatic rings. The molecule has 3 aromatic carbocycles. The minimum absolute atomic E-state index is 0.0896. The highest BCUT2D eigenvalue weighted by Gasteiger charge is 2.20. The van der Waals surface area contributed by atoms with Gasteiger partial charge in [0.1, 0.15) is 0 Å². The van der Waals surface area contributed by atoms with Gasteiger partial charge < -0.3 is 10.4 Å². The van der Waals surface area contributed by atoms with Crippen molar-refractivity contribution in [3.8, 4) is 0 Å². The van der Waals surface area contributed by atoms with Crippen molar-refractivity contribution in [2.24, 2.45) is 0 Å². The lowest BCUT2D eigenvalue weighted by atomic mass is 9.93. The van der Waals surface area contributed by atoms with Gasteiger partial charge in [0.2, 0.25) is 0 Å². The minimum Gasteiger partial charge on any atom is -0.390 e. The number of hydrogen-bond donors (Lipinski definition) is 2. The molecule has 4 heteroatoms. The molecular weight excluding hydrogens is 424 g/mol. The van der Waals surface area contributed by atoms with Gasteiger partial charge in [0.05, 0.1) is 6.10 Å². The predicted octanol–water partition coefficient (Wildman–Crippen LogP) is 5.01. The van der Waals surface area contributed by atoms with Crippen LogP contribution in [0.25, 0.3) is 10.8 Å². The monoisotopic (exact) mass is 454 g/mol. The number of benzene rings is 3. The molecule has 3 rings (SSSR count). The van der Waals surface area contributed by atoms with Crippen LogP contribution in [0.3, 0.4) is 0 Å². The summed E-state index contributed by atoms with van der Waals surface area (Å²) in [6.07, 6.45) is 0.505. The molecular formula is C25H31BrN2O. The number of aliphatic hydroxyl groups excluding tert-OH is 1. The molecule has 0 amide bonds. The number of nitrogens with one attached hydrogen (secondary N) is 1. The number of likely N-dealkylation sites (N-methyl/N-ethyl adjacent to an activating group) is 1. The van der Waals surface area contributed by atoms with Gasteiger partial charge in [-0.15, -0.1) is 0 Å². The highest BCUT2D eigenvalue weighted by Crippen LogP contribution is 2.19. The second-order valence-electron chi connectivity index (χ2n) is 8.60. The maximum absolute atomic E-state index is 10.5. The number of β-amino-alcohol motifs (C(OH)–C–C–N with tert-alkyl or cyclic N) is 1. The van der Waals surface area contributed by atoms with E-state index < -0.39 is 6.10 Å². The second kappa shape index (κ2) is 9.86. The summed E-state index contributed by atoms with van der Waals surface area (Å²) in [6, 6.07) is 23.4. The lowest BCUT2D eigenvalue weighted by molar-refractivity contribution is 0.113. The van der Waals surface area contributed by atoms with Gasteiger partial charge in [-0.05, 0) is 61.3 Å². The molecule has 0 aliphatic carbocycles. The van der Waals surface area contributed by atoms with Crippen LogP contribution in [0.2, 0.25) is 0 Å². The molecule has 0 aromatic heterocycles. The van der Waals surface area contributed by atoms with Crippen molar-refractivity contribution in [2.75, 3.05) is 20.1 Å². The molecule has 0 radical (unpaired) electrons. The zero-order chi connectivity index (χ0) is 20.9. The molecule has 0 aliphatic rings. The van der Waals surface area contributed by atoms with Crippen LogP contribution in [0.1, 0.15) is 25.0 Å². The van der Waals surface area contributed by atoms with E-state index in [0.717, 1.165) is 17.4 Å². The highest BCUT2D eigenvalue weighted by atomic mass is 79.9. The summed E-state index contributed by atoms with van der Waals surface area (Å²) in [5, 5.41) is 16.6. The highest BCUT2D eigenvalue weighted by molar-refractivity contribution is 9.10. The lowest BCUT2D eigenvalue weighted by Gasteiger charge is -2.29. The van der Waals surface area contributed by atoms with E-state index in [-0.39, 0.29) is 5.54 Å². The Morgan fingerprint density at radius 3 is 2.34 bits per heavy atom. The van der Waals surface area contributed by atoms with Crippen LogP contribution in [0.15, 0.2) is 71.2 Å². The average molecular weight is 455 g/mol. The lowest BCUT2D eigenvalue weighted by Crippen LogP contribution is -2.47. The third-order valence-corrected chi connectivity index (χ3v) is 5.69. The number of hydrogen-bond acceptors (Lipinski definition) is 3. The Morgan fingerprint density at radius 1 is 0.966 bits per heavy atom. The number of halogens is 1. The summed E-state index contributed by atoms with van der Waals surface area (Å²) in [7, 11) is 2.05. The van der Waals surface area contributed by atoms with E-state index in [0.29, 0.717) is 13.1 Å². The van der Waals surface area contributed by atoms with Crippen molar-refractivity contribution in [1.82, 2.24) is 10.2 Å². The van der Waals surface area contributed by atoms with Crippen molar-refractivity contribution >= 4 is 26.7 Å². The van der Waals surface area contributed by atoms with E-state index in [1.54, 1.807) is 0 Å². The third kappa shape index (κ3) is 6.93. The zero-order valence-electron chi connectivity index (χ0n) is 17.5. The summed E-state index contributed by atoms with van der Waals surface area (Å²) < 4.78 is 1.08. The average Bonchev–Trinajstić information content (AvgIpc) is 2.68. The molecule has 0 aliphatic heterocycles. The first-order valence-corrected chi connectivity index (χ1v) is 10.9. The fourth-order valence-electron chi connectivity index (χ4n) is 3.71. The molecule has 0 fully saturated rings. The third-order valence-electron chi connectivity index (χ3n) is 5.16. The largest absolute Gasteiger partial charge is 0.390 e. The fourth-order valence-corrected chi connectivity index (χ4v) is 3.97. The van der Waals surface area contributed by atoms with Gasteiger partial charge in [-0.2, -0.15) is 0 Å². The van der Waals surface area contributed by atoms with Crippen LogP contribution in [-0.2, 0) is 13.0 Å². The molecule has 0 unspecified atom stereocenters. The molecule has 2 N–H and O–H groups in total. The maximum Gasteiger partial charge on any atom is 0.0791 e. The second-order valence-corrected chi connectivity index (χ2v) is 9.52. The Morgan fingerprint density at radius 2 is 1.62 bits per heavy atom. The molecule has 1 atom stereocenters. The first-order valence-electron chi connectivity index (χ1n) is 10.1. The number of nitrogens with zero attached hydrogens (tertiary/aromatic N) is 1. The molecule has 154 valence electrons. The number of fused-ring (bicyclic) bond motifs is 1. The van der Waals surface area contributed by atoms with Gasteiger partial charge in [-0.3, -0.25) is 4.90 Å². The maximum atomic E-state index is 10.5. The molecule has 3 nitrogen and oxygen atoms in total. The van der Waals surface area contributed by atoms with E-state index in [1.807, 2.05) is 7.05 Å². The summed E-state index contributed by atoms with van der Waals surface area (Å²) in [4.78, 5) is 2.16. The van der Waals surface area contributed by atoms with Crippen molar-refractivity contribution < 1.29 is 5.11 Å². The van der Waals surface area contributed by atoms with Gasteiger partial charge in [0, 0.05) is 29.6 Å². The standard InChI is InChI=1S/C25H31BrN2O/c1-25(2,15-20-8-11-21-6-4-5-7-22(21)14-20)27-16-24(29)18-28(3)17-19-9-12-23(26)13-10-19/h4-14,24,27,29H,15-18H2,1-3H3/t24-/m1/s1. The fraction of sp³-hybridized carbons (Fsp3) is 0.360. The van der Waals surface area contributed by atoms with Crippen molar-refractivity contribution in [1.29, 1.82) is 0 Å². The predicted molar refractivity (Wildman–Crippen MR) is 126 cm³/mol.